The van der Waals surface area contributed by atoms with E-state index in [1.54, 1.807) is 0 Å². The van der Waals surface area contributed by atoms with E-state index < -0.39 is 0 Å². The molecule has 2 fully saturated rings. The van der Waals surface area contributed by atoms with Crippen molar-refractivity contribution in [1.82, 2.24) is 0 Å². The van der Waals surface area contributed by atoms with Crippen LogP contribution in [0.15, 0.2) is 24.3 Å². The molecule has 4 aliphatic rings. The average Bonchev–Trinajstić information content (AvgIpc) is 2.83. The van der Waals surface area contributed by atoms with Crippen molar-refractivity contribution in [2.24, 2.45) is 34.5 Å². The molecule has 0 aromatic rings. The van der Waals surface area contributed by atoms with Gasteiger partial charge in [0.2, 0.25) is 0 Å². The van der Waals surface area contributed by atoms with Crippen LogP contribution in [0.3, 0.4) is 0 Å². The van der Waals surface area contributed by atoms with Gasteiger partial charge in [-0.1, -0.05) is 38.2 Å². The van der Waals surface area contributed by atoms with Crippen LogP contribution in [0, 0.1) is 34.5 Å². The predicted octanol–water partition coefficient (Wildman–Crippen LogP) is 3.30. The summed E-state index contributed by atoms with van der Waals surface area (Å²) in [6.45, 7) is 4.66. The van der Waals surface area contributed by atoms with E-state index in [0.29, 0.717) is 23.7 Å². The van der Waals surface area contributed by atoms with Crippen LogP contribution in [0.4, 0.5) is 0 Å². The van der Waals surface area contributed by atoms with Crippen molar-refractivity contribution in [3.8, 4) is 0 Å². The Balaban J connectivity index is 1.74. The molecule has 0 amide bonds. The molecule has 4 rings (SSSR count). The minimum Gasteiger partial charge on any atom is -0.393 e. The number of aliphatic hydroxyl groups is 2. The smallest absolute Gasteiger partial charge is 0.0636 e. The largest absolute Gasteiger partial charge is 0.393 e. The second kappa shape index (κ2) is 4.45. The topological polar surface area (TPSA) is 40.5 Å². The molecule has 3 unspecified atom stereocenters. The van der Waals surface area contributed by atoms with Crippen molar-refractivity contribution in [2.45, 2.75) is 58.2 Å². The van der Waals surface area contributed by atoms with Crippen molar-refractivity contribution < 1.29 is 10.2 Å². The number of allylic oxidation sites excluding steroid dienone is 3. The van der Waals surface area contributed by atoms with Crippen LogP contribution < -0.4 is 0 Å². The molecule has 2 heteroatoms. The fraction of sp³-hybridized carbons (Fsp3) is 0.789. The fourth-order valence-corrected chi connectivity index (χ4v) is 6.30. The first-order chi connectivity index (χ1) is 9.97. The molecule has 21 heavy (non-hydrogen) atoms. The minimum absolute atomic E-state index is 0.0391. The molecular formula is C19H28O2. The zero-order valence-corrected chi connectivity index (χ0v) is 13.2. The van der Waals surface area contributed by atoms with Crippen molar-refractivity contribution in [2.75, 3.05) is 0 Å². The lowest BCUT2D eigenvalue weighted by molar-refractivity contribution is -0.171. The number of fused-ring (bicyclic) bond motifs is 5. The summed E-state index contributed by atoms with van der Waals surface area (Å²) < 4.78 is 0. The van der Waals surface area contributed by atoms with E-state index in [1.165, 1.54) is 6.42 Å². The second-order valence-corrected chi connectivity index (χ2v) is 8.43. The van der Waals surface area contributed by atoms with Crippen LogP contribution >= 0.6 is 0 Å². The molecule has 0 aromatic carbocycles. The molecule has 2 nitrogen and oxygen atoms in total. The lowest BCUT2D eigenvalue weighted by Gasteiger charge is -2.61. The zero-order chi connectivity index (χ0) is 14.8. The highest BCUT2D eigenvalue weighted by Gasteiger charge is 2.60. The standard InChI is InChI=1S/C19H28O2/c1-18-9-4-6-13(18)17-14(8-10-18)19(2)12(11-15(17)20)5-3-7-16(19)21/h3-5,9,12-17,20-21H,6-8,10-11H2,1-2H3/t12?,13-,14-,15?,16?,17-,18-,19-/m0/s1. The maximum Gasteiger partial charge on any atom is 0.0636 e. The molecule has 0 spiro atoms. The van der Waals surface area contributed by atoms with E-state index in [1.807, 2.05) is 0 Å². The Bertz CT molecular complexity index is 496. The highest BCUT2D eigenvalue weighted by Crippen LogP contribution is 2.64. The van der Waals surface area contributed by atoms with Gasteiger partial charge in [0.1, 0.15) is 0 Å². The fourth-order valence-electron chi connectivity index (χ4n) is 6.30. The van der Waals surface area contributed by atoms with E-state index in [4.69, 9.17) is 0 Å². The Morgan fingerprint density at radius 1 is 1.05 bits per heavy atom. The van der Waals surface area contributed by atoms with Gasteiger partial charge in [0.05, 0.1) is 12.2 Å². The van der Waals surface area contributed by atoms with Gasteiger partial charge in [0.15, 0.2) is 0 Å². The maximum absolute atomic E-state index is 10.9. The van der Waals surface area contributed by atoms with Gasteiger partial charge < -0.3 is 10.2 Å². The second-order valence-electron chi connectivity index (χ2n) is 8.43. The van der Waals surface area contributed by atoms with Crippen LogP contribution in [0.2, 0.25) is 0 Å². The quantitative estimate of drug-likeness (QED) is 0.671. The molecule has 116 valence electrons. The van der Waals surface area contributed by atoms with Crippen LogP contribution in [0.1, 0.15) is 46.0 Å². The molecule has 4 aliphatic carbocycles. The summed E-state index contributed by atoms with van der Waals surface area (Å²) in [6.07, 6.45) is 13.8. The number of aliphatic hydroxyl groups excluding tert-OH is 2. The van der Waals surface area contributed by atoms with Crippen LogP contribution in [0.25, 0.3) is 0 Å². The molecule has 0 heterocycles. The summed E-state index contributed by atoms with van der Waals surface area (Å²) in [5.74, 6) is 1.74. The zero-order valence-electron chi connectivity index (χ0n) is 13.2. The highest BCUT2D eigenvalue weighted by molar-refractivity contribution is 5.20. The van der Waals surface area contributed by atoms with Gasteiger partial charge in [-0.15, -0.1) is 0 Å². The summed E-state index contributed by atoms with van der Waals surface area (Å²) in [5.41, 5.74) is 0.239. The molecule has 0 aromatic heterocycles. The summed E-state index contributed by atoms with van der Waals surface area (Å²) in [5, 5.41) is 21.6. The van der Waals surface area contributed by atoms with Crippen LogP contribution in [-0.2, 0) is 0 Å². The minimum atomic E-state index is -0.244. The highest BCUT2D eigenvalue weighted by atomic mass is 16.3. The molecule has 2 N–H and O–H groups in total. The monoisotopic (exact) mass is 288 g/mol. The van der Waals surface area contributed by atoms with Gasteiger partial charge in [0, 0.05) is 5.41 Å². The van der Waals surface area contributed by atoms with Gasteiger partial charge in [-0.3, -0.25) is 0 Å². The Morgan fingerprint density at radius 3 is 2.67 bits per heavy atom. The van der Waals surface area contributed by atoms with E-state index in [9.17, 15) is 10.2 Å². The molecule has 8 atom stereocenters. The van der Waals surface area contributed by atoms with Crippen LogP contribution in [-0.4, -0.2) is 22.4 Å². The Kier molecular flexibility index (Phi) is 2.97. The van der Waals surface area contributed by atoms with Gasteiger partial charge in [-0.2, -0.15) is 0 Å². The van der Waals surface area contributed by atoms with Gasteiger partial charge in [-0.05, 0) is 61.2 Å². The number of hydrogen-bond donors (Lipinski definition) is 2. The maximum atomic E-state index is 10.9. The normalized spacial score (nSPS) is 58.5. The van der Waals surface area contributed by atoms with Gasteiger partial charge in [-0.25, -0.2) is 0 Å². The Hall–Kier alpha value is -0.600. The SMILES string of the molecule is C[C@]12C(O)CC=CC1CC(O)[C@@H]1[C@@H]2CC[C@]2(C)C=CC[C@@H]12. The third-order valence-electron chi connectivity index (χ3n) is 7.64. The first-order valence-electron chi connectivity index (χ1n) is 8.67. The summed E-state index contributed by atoms with van der Waals surface area (Å²) in [7, 11) is 0. The van der Waals surface area contributed by atoms with E-state index in [0.717, 1.165) is 25.7 Å². The first-order valence-corrected chi connectivity index (χ1v) is 8.67. The van der Waals surface area contributed by atoms with E-state index >= 15 is 0 Å². The Labute approximate surface area is 127 Å². The third kappa shape index (κ3) is 1.72. The third-order valence-corrected chi connectivity index (χ3v) is 7.64. The molecule has 0 aliphatic heterocycles. The number of hydrogen-bond acceptors (Lipinski definition) is 2. The molecule has 0 saturated heterocycles. The van der Waals surface area contributed by atoms with Crippen molar-refractivity contribution in [3.63, 3.8) is 0 Å². The van der Waals surface area contributed by atoms with Crippen molar-refractivity contribution in [1.29, 1.82) is 0 Å². The predicted molar refractivity (Wildman–Crippen MR) is 83.6 cm³/mol. The molecule has 0 radical (unpaired) electrons. The van der Waals surface area contributed by atoms with Crippen molar-refractivity contribution >= 4 is 0 Å². The van der Waals surface area contributed by atoms with E-state index in [-0.39, 0.29) is 23.0 Å². The molecular weight excluding hydrogens is 260 g/mol. The lowest BCUT2D eigenvalue weighted by Crippen LogP contribution is -2.60. The van der Waals surface area contributed by atoms with Crippen molar-refractivity contribution in [3.05, 3.63) is 24.3 Å². The van der Waals surface area contributed by atoms with Gasteiger partial charge in [0.25, 0.3) is 0 Å². The molecule has 0 bridgehead atoms. The van der Waals surface area contributed by atoms with Gasteiger partial charge >= 0.3 is 0 Å². The summed E-state index contributed by atoms with van der Waals surface area (Å²) in [6, 6.07) is 0. The van der Waals surface area contributed by atoms with E-state index in [2.05, 4.69) is 38.2 Å². The summed E-state index contributed by atoms with van der Waals surface area (Å²) in [4.78, 5) is 0. The first kappa shape index (κ1) is 14.0. The number of rotatable bonds is 0. The average molecular weight is 288 g/mol. The summed E-state index contributed by atoms with van der Waals surface area (Å²) >= 11 is 0. The Morgan fingerprint density at radius 2 is 1.86 bits per heavy atom. The molecule has 2 saturated carbocycles. The lowest BCUT2D eigenvalue weighted by atomic mass is 9.45. The van der Waals surface area contributed by atoms with Crippen LogP contribution in [0.5, 0.6) is 0 Å².